The van der Waals surface area contributed by atoms with Gasteiger partial charge < -0.3 is 19.9 Å². The number of hydrogen-bond donors (Lipinski definition) is 1. The number of amides is 2. The predicted octanol–water partition coefficient (Wildman–Crippen LogP) is 2.96. The van der Waals surface area contributed by atoms with Crippen LogP contribution in [0.5, 0.6) is 5.75 Å². The Morgan fingerprint density at radius 2 is 1.88 bits per heavy atom. The van der Waals surface area contributed by atoms with Crippen molar-refractivity contribution in [3.8, 4) is 5.75 Å². The molecule has 176 valence electrons. The molecule has 1 fully saturated rings. The first-order chi connectivity index (χ1) is 15.9. The molecule has 0 spiro atoms. The van der Waals surface area contributed by atoms with Gasteiger partial charge in [-0.1, -0.05) is 19.1 Å². The molecule has 1 saturated heterocycles. The summed E-state index contributed by atoms with van der Waals surface area (Å²) in [7, 11) is 0. The zero-order chi connectivity index (χ0) is 23.5. The van der Waals surface area contributed by atoms with Gasteiger partial charge in [0.1, 0.15) is 18.1 Å². The molecule has 2 aromatic carbocycles. The van der Waals surface area contributed by atoms with Gasteiger partial charge in [0.15, 0.2) is 6.10 Å². The van der Waals surface area contributed by atoms with Crippen molar-refractivity contribution in [2.45, 2.75) is 32.9 Å². The van der Waals surface area contributed by atoms with Crippen molar-refractivity contribution in [3.63, 3.8) is 0 Å². The van der Waals surface area contributed by atoms with Gasteiger partial charge >= 0.3 is 0 Å². The van der Waals surface area contributed by atoms with Crippen LogP contribution >= 0.6 is 0 Å². The Labute approximate surface area is 194 Å². The highest BCUT2D eigenvalue weighted by Crippen LogP contribution is 2.33. The zero-order valence-corrected chi connectivity index (χ0v) is 19.4. The van der Waals surface area contributed by atoms with E-state index in [9.17, 15) is 14.0 Å². The summed E-state index contributed by atoms with van der Waals surface area (Å²) in [6.07, 6.45) is -0.665. The van der Waals surface area contributed by atoms with Crippen LogP contribution in [-0.4, -0.2) is 62.1 Å². The van der Waals surface area contributed by atoms with Crippen LogP contribution in [-0.2, 0) is 9.59 Å². The Kier molecular flexibility index (Phi) is 6.83. The number of piperazine rings is 1. The third-order valence-corrected chi connectivity index (χ3v) is 6.37. The second-order valence-corrected chi connectivity index (χ2v) is 8.57. The summed E-state index contributed by atoms with van der Waals surface area (Å²) in [5.41, 5.74) is 2.24. The number of benzene rings is 2. The van der Waals surface area contributed by atoms with E-state index < -0.39 is 12.1 Å². The summed E-state index contributed by atoms with van der Waals surface area (Å²) in [5, 5.41) is 2.96. The topological polar surface area (TPSA) is 65.1 Å². The summed E-state index contributed by atoms with van der Waals surface area (Å²) >= 11 is 0. The van der Waals surface area contributed by atoms with Crippen LogP contribution in [0.4, 0.5) is 15.8 Å². The molecule has 0 aliphatic carbocycles. The van der Waals surface area contributed by atoms with E-state index in [0.29, 0.717) is 11.4 Å². The number of fused-ring (bicyclic) bond motifs is 1. The van der Waals surface area contributed by atoms with Gasteiger partial charge in [-0.3, -0.25) is 14.5 Å². The third kappa shape index (κ3) is 4.95. The molecule has 4 rings (SSSR count). The molecule has 2 aromatic rings. The summed E-state index contributed by atoms with van der Waals surface area (Å²) in [5.74, 6) is -0.347. The highest BCUT2D eigenvalue weighted by Gasteiger charge is 2.33. The number of hydrogen-bond acceptors (Lipinski definition) is 5. The largest absolute Gasteiger partial charge is 0.479 e. The van der Waals surface area contributed by atoms with Crippen LogP contribution in [0.25, 0.3) is 0 Å². The molecule has 2 heterocycles. The molecule has 8 heteroatoms. The SMILES string of the molecule is CCN1CCN(c2ccc(F)cc2[C@H](C)NC(=O)CN2C(=O)[C@H](C)Oc3ccccc32)CC1. The van der Waals surface area contributed by atoms with E-state index in [1.54, 1.807) is 31.2 Å². The molecule has 7 nitrogen and oxygen atoms in total. The number of rotatable bonds is 6. The minimum absolute atomic E-state index is 0.131. The Hall–Kier alpha value is -3.13. The van der Waals surface area contributed by atoms with Gasteiger partial charge in [-0.15, -0.1) is 0 Å². The summed E-state index contributed by atoms with van der Waals surface area (Å²) in [6, 6.07) is 11.5. The lowest BCUT2D eigenvalue weighted by molar-refractivity contribution is -0.128. The highest BCUT2D eigenvalue weighted by molar-refractivity contribution is 6.03. The fourth-order valence-electron chi connectivity index (χ4n) is 4.50. The first-order valence-electron chi connectivity index (χ1n) is 11.5. The molecule has 2 aliphatic rings. The Morgan fingerprint density at radius 3 is 2.61 bits per heavy atom. The molecule has 2 amide bonds. The summed E-state index contributed by atoms with van der Waals surface area (Å²) in [6.45, 7) is 10.1. The molecule has 0 radical (unpaired) electrons. The van der Waals surface area contributed by atoms with Crippen molar-refractivity contribution in [1.82, 2.24) is 10.2 Å². The van der Waals surface area contributed by atoms with Crippen LogP contribution in [0.15, 0.2) is 42.5 Å². The van der Waals surface area contributed by atoms with Gasteiger partial charge in [-0.25, -0.2) is 4.39 Å². The maximum Gasteiger partial charge on any atom is 0.268 e. The zero-order valence-electron chi connectivity index (χ0n) is 19.4. The average molecular weight is 455 g/mol. The summed E-state index contributed by atoms with van der Waals surface area (Å²) in [4.78, 5) is 31.7. The van der Waals surface area contributed by atoms with Crippen molar-refractivity contribution in [2.75, 3.05) is 49.1 Å². The molecular weight excluding hydrogens is 423 g/mol. The Bertz CT molecular complexity index is 1020. The number of likely N-dealkylation sites (N-methyl/N-ethyl adjacent to an activating group) is 1. The van der Waals surface area contributed by atoms with E-state index in [-0.39, 0.29) is 24.2 Å². The monoisotopic (exact) mass is 454 g/mol. The minimum atomic E-state index is -0.665. The second-order valence-electron chi connectivity index (χ2n) is 8.57. The number of halogens is 1. The van der Waals surface area contributed by atoms with Gasteiger partial charge in [-0.05, 0) is 50.7 Å². The van der Waals surface area contributed by atoms with E-state index in [0.717, 1.165) is 44.0 Å². The summed E-state index contributed by atoms with van der Waals surface area (Å²) < 4.78 is 19.8. The first kappa shape index (κ1) is 23.0. The molecule has 33 heavy (non-hydrogen) atoms. The van der Waals surface area contributed by atoms with E-state index in [1.807, 2.05) is 13.0 Å². The lowest BCUT2D eigenvalue weighted by Crippen LogP contribution is -2.49. The van der Waals surface area contributed by atoms with Gasteiger partial charge in [0.25, 0.3) is 5.91 Å². The number of nitrogens with one attached hydrogen (secondary N) is 1. The smallest absolute Gasteiger partial charge is 0.268 e. The predicted molar refractivity (Wildman–Crippen MR) is 126 cm³/mol. The van der Waals surface area contributed by atoms with E-state index in [1.165, 1.54) is 17.0 Å². The van der Waals surface area contributed by atoms with Crippen molar-refractivity contribution in [3.05, 3.63) is 53.8 Å². The van der Waals surface area contributed by atoms with Crippen LogP contribution in [0.3, 0.4) is 0 Å². The standard InChI is InChI=1S/C25H31FN4O3/c1-4-28-11-13-29(14-12-28)21-10-9-19(26)15-20(21)17(2)27-24(31)16-30-22-7-5-6-8-23(22)33-18(3)25(30)32/h5-10,15,17-18H,4,11-14,16H2,1-3H3,(H,27,31)/t17-,18-/m0/s1. The maximum absolute atomic E-state index is 14.2. The van der Waals surface area contributed by atoms with Crippen molar-refractivity contribution in [2.24, 2.45) is 0 Å². The first-order valence-corrected chi connectivity index (χ1v) is 11.5. The minimum Gasteiger partial charge on any atom is -0.479 e. The number of ether oxygens (including phenoxy) is 1. The van der Waals surface area contributed by atoms with Crippen LogP contribution in [0.1, 0.15) is 32.4 Å². The van der Waals surface area contributed by atoms with Crippen LogP contribution in [0, 0.1) is 5.82 Å². The van der Waals surface area contributed by atoms with Gasteiger partial charge in [0.2, 0.25) is 5.91 Å². The van der Waals surface area contributed by atoms with Crippen molar-refractivity contribution in [1.29, 1.82) is 0 Å². The number of para-hydroxylation sites is 2. The normalized spacial score (nSPS) is 19.6. The van der Waals surface area contributed by atoms with Crippen LogP contribution in [0.2, 0.25) is 0 Å². The van der Waals surface area contributed by atoms with Gasteiger partial charge in [-0.2, -0.15) is 0 Å². The number of carbonyl (C=O) groups excluding carboxylic acids is 2. The highest BCUT2D eigenvalue weighted by atomic mass is 19.1. The number of carbonyl (C=O) groups is 2. The van der Waals surface area contributed by atoms with Gasteiger partial charge in [0.05, 0.1) is 11.7 Å². The molecule has 0 bridgehead atoms. The maximum atomic E-state index is 14.2. The van der Waals surface area contributed by atoms with Gasteiger partial charge in [0, 0.05) is 37.4 Å². The fourth-order valence-corrected chi connectivity index (χ4v) is 4.50. The fraction of sp³-hybridized carbons (Fsp3) is 0.440. The molecular formula is C25H31FN4O3. The molecule has 0 saturated carbocycles. The lowest BCUT2D eigenvalue weighted by Gasteiger charge is -2.37. The van der Waals surface area contributed by atoms with Crippen molar-refractivity contribution >= 4 is 23.2 Å². The number of anilines is 2. The molecule has 0 unspecified atom stereocenters. The third-order valence-electron chi connectivity index (χ3n) is 6.37. The quantitative estimate of drug-likeness (QED) is 0.727. The molecule has 2 atom stereocenters. The van der Waals surface area contributed by atoms with E-state index in [4.69, 9.17) is 4.74 Å². The molecule has 0 aromatic heterocycles. The van der Waals surface area contributed by atoms with E-state index >= 15 is 0 Å². The molecule has 2 aliphatic heterocycles. The van der Waals surface area contributed by atoms with E-state index in [2.05, 4.69) is 22.0 Å². The number of nitrogens with zero attached hydrogens (tertiary/aromatic N) is 3. The average Bonchev–Trinajstić information content (AvgIpc) is 2.82. The second kappa shape index (κ2) is 9.79. The van der Waals surface area contributed by atoms with Crippen LogP contribution < -0.4 is 19.9 Å². The Morgan fingerprint density at radius 1 is 1.15 bits per heavy atom. The Balaban J connectivity index is 1.49. The molecule has 1 N–H and O–H groups in total. The van der Waals surface area contributed by atoms with Crippen molar-refractivity contribution < 1.29 is 18.7 Å². The lowest BCUT2D eigenvalue weighted by atomic mass is 10.0.